The zero-order valence-electron chi connectivity index (χ0n) is 10.9. The van der Waals surface area contributed by atoms with Crippen molar-refractivity contribution in [1.82, 2.24) is 0 Å². The first-order valence-corrected chi connectivity index (χ1v) is 6.65. The molecular formula is C14H22ClNO. The van der Waals surface area contributed by atoms with Crippen LogP contribution in [0.2, 0.25) is 5.02 Å². The van der Waals surface area contributed by atoms with E-state index in [9.17, 15) is 0 Å². The van der Waals surface area contributed by atoms with E-state index in [2.05, 4.69) is 13.8 Å². The molecule has 1 atom stereocenters. The maximum atomic E-state index is 6.21. The number of benzene rings is 1. The van der Waals surface area contributed by atoms with Crippen molar-refractivity contribution >= 4 is 11.6 Å². The van der Waals surface area contributed by atoms with Crippen molar-refractivity contribution < 1.29 is 4.74 Å². The van der Waals surface area contributed by atoms with E-state index in [0.29, 0.717) is 5.02 Å². The normalized spacial score (nSPS) is 12.8. The number of hydrogen-bond donors (Lipinski definition) is 1. The first-order valence-electron chi connectivity index (χ1n) is 6.27. The molecule has 0 amide bonds. The second-order valence-corrected chi connectivity index (χ2v) is 4.91. The Morgan fingerprint density at radius 1 is 1.29 bits per heavy atom. The number of nitrogens with two attached hydrogens (primary N) is 1. The van der Waals surface area contributed by atoms with Crippen molar-refractivity contribution in [2.75, 3.05) is 0 Å². The highest BCUT2D eigenvalue weighted by atomic mass is 35.5. The Balaban J connectivity index is 2.75. The molecule has 96 valence electrons. The van der Waals surface area contributed by atoms with Crippen LogP contribution in [0.5, 0.6) is 5.75 Å². The third-order valence-corrected chi connectivity index (χ3v) is 3.05. The van der Waals surface area contributed by atoms with Gasteiger partial charge in [-0.15, -0.1) is 0 Å². The first kappa shape index (κ1) is 14.3. The Kier molecular flexibility index (Phi) is 5.79. The van der Waals surface area contributed by atoms with Crippen molar-refractivity contribution in [1.29, 1.82) is 0 Å². The molecule has 0 aliphatic rings. The van der Waals surface area contributed by atoms with Crippen LogP contribution in [-0.4, -0.2) is 12.1 Å². The van der Waals surface area contributed by atoms with Gasteiger partial charge in [-0.3, -0.25) is 0 Å². The van der Waals surface area contributed by atoms with E-state index in [0.717, 1.165) is 30.6 Å². The van der Waals surface area contributed by atoms with Crippen LogP contribution < -0.4 is 10.5 Å². The summed E-state index contributed by atoms with van der Waals surface area (Å²) in [5.74, 6) is 0.772. The molecule has 3 heteroatoms. The maximum absolute atomic E-state index is 6.21. The van der Waals surface area contributed by atoms with Crippen LogP contribution in [0.4, 0.5) is 0 Å². The monoisotopic (exact) mass is 255 g/mol. The van der Waals surface area contributed by atoms with Crippen molar-refractivity contribution in [2.24, 2.45) is 5.73 Å². The smallest absolute Gasteiger partial charge is 0.138 e. The summed E-state index contributed by atoms with van der Waals surface area (Å²) in [7, 11) is 0. The Labute approximate surface area is 109 Å². The van der Waals surface area contributed by atoms with Crippen LogP contribution in [0.1, 0.15) is 39.2 Å². The van der Waals surface area contributed by atoms with Gasteiger partial charge >= 0.3 is 0 Å². The molecule has 0 bridgehead atoms. The molecule has 1 unspecified atom stereocenters. The summed E-state index contributed by atoms with van der Waals surface area (Å²) in [6.45, 7) is 6.22. The minimum absolute atomic E-state index is 0.150. The van der Waals surface area contributed by atoms with Crippen LogP contribution in [-0.2, 0) is 6.42 Å². The highest BCUT2D eigenvalue weighted by Gasteiger charge is 2.09. The van der Waals surface area contributed by atoms with Gasteiger partial charge in [0.2, 0.25) is 0 Å². The summed E-state index contributed by atoms with van der Waals surface area (Å²) < 4.78 is 5.84. The fourth-order valence-corrected chi connectivity index (χ4v) is 2.02. The summed E-state index contributed by atoms with van der Waals surface area (Å²) >= 11 is 6.21. The Morgan fingerprint density at radius 3 is 2.41 bits per heavy atom. The molecule has 0 spiro atoms. The van der Waals surface area contributed by atoms with Gasteiger partial charge in [0.25, 0.3) is 0 Å². The Hall–Kier alpha value is -0.730. The summed E-state index contributed by atoms with van der Waals surface area (Å²) in [6, 6.07) is 6.07. The summed E-state index contributed by atoms with van der Waals surface area (Å²) in [4.78, 5) is 0. The van der Waals surface area contributed by atoms with E-state index in [-0.39, 0.29) is 12.1 Å². The van der Waals surface area contributed by atoms with Gasteiger partial charge in [-0.25, -0.2) is 0 Å². The average molecular weight is 256 g/mol. The lowest BCUT2D eigenvalue weighted by Crippen LogP contribution is -2.18. The van der Waals surface area contributed by atoms with Gasteiger partial charge in [0.15, 0.2) is 0 Å². The molecule has 0 fully saturated rings. The minimum Gasteiger partial charge on any atom is -0.489 e. The van der Waals surface area contributed by atoms with Crippen molar-refractivity contribution in [3.63, 3.8) is 0 Å². The molecule has 2 N–H and O–H groups in total. The van der Waals surface area contributed by atoms with Crippen LogP contribution in [0.25, 0.3) is 0 Å². The van der Waals surface area contributed by atoms with Gasteiger partial charge in [-0.2, -0.15) is 0 Å². The first-order chi connectivity index (χ1) is 8.06. The van der Waals surface area contributed by atoms with Gasteiger partial charge in [-0.1, -0.05) is 31.5 Å². The standard InChI is InChI=1S/C14H22ClNO/c1-4-12(5-2)17-14-7-6-11(8-10(3)16)9-13(14)15/h6-7,9-10,12H,4-5,8,16H2,1-3H3. The molecule has 0 aliphatic heterocycles. The van der Waals surface area contributed by atoms with Gasteiger partial charge in [0, 0.05) is 6.04 Å². The predicted octanol–water partition coefficient (Wildman–Crippen LogP) is 3.80. The highest BCUT2D eigenvalue weighted by Crippen LogP contribution is 2.27. The van der Waals surface area contributed by atoms with Crippen LogP contribution in [0, 0.1) is 0 Å². The van der Waals surface area contributed by atoms with Crippen molar-refractivity contribution in [3.8, 4) is 5.75 Å². The molecule has 1 aromatic carbocycles. The van der Waals surface area contributed by atoms with Gasteiger partial charge < -0.3 is 10.5 Å². The quantitative estimate of drug-likeness (QED) is 0.839. The van der Waals surface area contributed by atoms with E-state index >= 15 is 0 Å². The number of hydrogen-bond acceptors (Lipinski definition) is 2. The number of ether oxygens (including phenoxy) is 1. The topological polar surface area (TPSA) is 35.2 Å². The second kappa shape index (κ2) is 6.87. The van der Waals surface area contributed by atoms with Gasteiger partial charge in [-0.05, 0) is 43.9 Å². The molecule has 0 aromatic heterocycles. The minimum atomic E-state index is 0.150. The molecule has 0 heterocycles. The molecule has 0 saturated carbocycles. The fourth-order valence-electron chi connectivity index (χ4n) is 1.77. The third-order valence-electron chi connectivity index (χ3n) is 2.76. The second-order valence-electron chi connectivity index (χ2n) is 4.50. The third kappa shape index (κ3) is 4.57. The number of rotatable bonds is 6. The van der Waals surface area contributed by atoms with E-state index in [1.807, 2.05) is 25.1 Å². The molecular weight excluding hydrogens is 234 g/mol. The zero-order valence-corrected chi connectivity index (χ0v) is 11.6. The number of halogens is 1. The maximum Gasteiger partial charge on any atom is 0.138 e. The average Bonchev–Trinajstić information content (AvgIpc) is 2.27. The van der Waals surface area contributed by atoms with Crippen LogP contribution >= 0.6 is 11.6 Å². The summed E-state index contributed by atoms with van der Waals surface area (Å²) in [5, 5.41) is 0.676. The van der Waals surface area contributed by atoms with E-state index in [4.69, 9.17) is 22.1 Å². The predicted molar refractivity (Wildman–Crippen MR) is 73.8 cm³/mol. The van der Waals surface area contributed by atoms with Crippen LogP contribution in [0.15, 0.2) is 18.2 Å². The largest absolute Gasteiger partial charge is 0.489 e. The Bertz CT molecular complexity index is 348. The molecule has 2 nitrogen and oxygen atoms in total. The lowest BCUT2D eigenvalue weighted by Gasteiger charge is -2.17. The van der Waals surface area contributed by atoms with E-state index in [1.165, 1.54) is 0 Å². The summed E-state index contributed by atoms with van der Waals surface area (Å²) in [5.41, 5.74) is 6.92. The van der Waals surface area contributed by atoms with Crippen molar-refractivity contribution in [2.45, 2.75) is 52.2 Å². The molecule has 1 aromatic rings. The molecule has 1 rings (SSSR count). The van der Waals surface area contributed by atoms with Gasteiger partial charge in [0.1, 0.15) is 5.75 Å². The van der Waals surface area contributed by atoms with E-state index < -0.39 is 0 Å². The molecule has 0 aliphatic carbocycles. The highest BCUT2D eigenvalue weighted by molar-refractivity contribution is 6.32. The lowest BCUT2D eigenvalue weighted by molar-refractivity contribution is 0.193. The van der Waals surface area contributed by atoms with Crippen LogP contribution in [0.3, 0.4) is 0 Å². The molecule has 0 radical (unpaired) electrons. The lowest BCUT2D eigenvalue weighted by atomic mass is 10.1. The van der Waals surface area contributed by atoms with Gasteiger partial charge in [0.05, 0.1) is 11.1 Å². The summed E-state index contributed by atoms with van der Waals surface area (Å²) in [6.07, 6.45) is 3.07. The Morgan fingerprint density at radius 2 is 1.94 bits per heavy atom. The van der Waals surface area contributed by atoms with Crippen molar-refractivity contribution in [3.05, 3.63) is 28.8 Å². The zero-order chi connectivity index (χ0) is 12.8. The van der Waals surface area contributed by atoms with E-state index in [1.54, 1.807) is 0 Å². The SMILES string of the molecule is CCC(CC)Oc1ccc(CC(C)N)cc1Cl. The molecule has 0 saturated heterocycles. The fraction of sp³-hybridized carbons (Fsp3) is 0.571. The molecule has 17 heavy (non-hydrogen) atoms.